The van der Waals surface area contributed by atoms with Crippen molar-refractivity contribution in [2.24, 2.45) is 0 Å². The lowest BCUT2D eigenvalue weighted by Crippen LogP contribution is -2.27. The van der Waals surface area contributed by atoms with Crippen molar-refractivity contribution in [1.82, 2.24) is 5.43 Å². The first-order valence-electron chi connectivity index (χ1n) is 4.20. The number of carboxylic acids is 1. The summed E-state index contributed by atoms with van der Waals surface area (Å²) in [5, 5.41) is 8.26. The van der Waals surface area contributed by atoms with Gasteiger partial charge in [0.2, 0.25) is 0 Å². The van der Waals surface area contributed by atoms with Gasteiger partial charge in [-0.1, -0.05) is 18.2 Å². The summed E-state index contributed by atoms with van der Waals surface area (Å²) in [6.07, 6.45) is 1.69. The van der Waals surface area contributed by atoms with Gasteiger partial charge in [-0.25, -0.2) is 4.79 Å². The number of hydrogen-bond acceptors (Lipinski definition) is 3. The Morgan fingerprint density at radius 2 is 1.80 bits per heavy atom. The molecular formula is C10H10N2O3. The molecule has 3 N–H and O–H groups in total. The molecule has 0 unspecified atom stereocenters. The molecule has 0 aromatic heterocycles. The van der Waals surface area contributed by atoms with Crippen molar-refractivity contribution in [1.29, 1.82) is 0 Å². The number of rotatable bonds is 4. The minimum atomic E-state index is -1.16. The molecule has 0 saturated carbocycles. The van der Waals surface area contributed by atoms with Crippen molar-refractivity contribution < 1.29 is 14.7 Å². The minimum absolute atomic E-state index is 0.527. The van der Waals surface area contributed by atoms with Gasteiger partial charge in [0.25, 0.3) is 5.91 Å². The van der Waals surface area contributed by atoms with Crippen LogP contribution in [0.4, 0.5) is 5.69 Å². The standard InChI is InChI=1S/C10H10N2O3/c13-9(6-7-10(14)15)12-11-8-4-2-1-3-5-8/h1-7,11H,(H,12,13)(H,14,15)/b7-6-. The van der Waals surface area contributed by atoms with Crippen LogP contribution in [0.2, 0.25) is 0 Å². The molecule has 0 heterocycles. The fraction of sp³-hybridized carbons (Fsp3) is 0. The number of hydrogen-bond donors (Lipinski definition) is 3. The number of aliphatic carboxylic acids is 1. The molecule has 0 aliphatic carbocycles. The van der Waals surface area contributed by atoms with Crippen molar-refractivity contribution in [3.63, 3.8) is 0 Å². The third-order valence-electron chi connectivity index (χ3n) is 1.48. The zero-order chi connectivity index (χ0) is 11.1. The summed E-state index contributed by atoms with van der Waals surface area (Å²) in [5.41, 5.74) is 5.66. The topological polar surface area (TPSA) is 78.4 Å². The number of para-hydroxylation sites is 1. The van der Waals surface area contributed by atoms with Crippen LogP contribution in [0.25, 0.3) is 0 Å². The van der Waals surface area contributed by atoms with Crippen molar-refractivity contribution in [3.05, 3.63) is 42.5 Å². The van der Waals surface area contributed by atoms with E-state index in [-0.39, 0.29) is 0 Å². The number of amides is 1. The van der Waals surface area contributed by atoms with Gasteiger partial charge < -0.3 is 5.11 Å². The van der Waals surface area contributed by atoms with Gasteiger partial charge in [0.05, 0.1) is 5.69 Å². The fourth-order valence-corrected chi connectivity index (χ4v) is 0.844. The molecule has 5 heteroatoms. The van der Waals surface area contributed by atoms with E-state index in [1.165, 1.54) is 0 Å². The number of hydrazine groups is 1. The van der Waals surface area contributed by atoms with E-state index in [1.54, 1.807) is 12.1 Å². The smallest absolute Gasteiger partial charge is 0.328 e. The summed E-state index contributed by atoms with van der Waals surface area (Å²) in [6, 6.07) is 8.99. The maximum atomic E-state index is 11.0. The molecule has 1 rings (SSSR count). The zero-order valence-corrected chi connectivity index (χ0v) is 7.81. The van der Waals surface area contributed by atoms with Gasteiger partial charge in [0.15, 0.2) is 0 Å². The van der Waals surface area contributed by atoms with E-state index in [0.29, 0.717) is 0 Å². The average molecular weight is 206 g/mol. The quantitative estimate of drug-likeness (QED) is 0.502. The van der Waals surface area contributed by atoms with E-state index >= 15 is 0 Å². The van der Waals surface area contributed by atoms with E-state index in [2.05, 4.69) is 10.9 Å². The molecule has 1 amide bonds. The van der Waals surface area contributed by atoms with Crippen molar-refractivity contribution in [2.45, 2.75) is 0 Å². The lowest BCUT2D eigenvalue weighted by atomic mass is 10.3. The normalized spacial score (nSPS) is 9.87. The highest BCUT2D eigenvalue weighted by atomic mass is 16.4. The molecule has 0 fully saturated rings. The number of nitrogens with one attached hydrogen (secondary N) is 2. The Morgan fingerprint density at radius 1 is 1.13 bits per heavy atom. The molecule has 1 aromatic rings. The maximum Gasteiger partial charge on any atom is 0.328 e. The van der Waals surface area contributed by atoms with E-state index in [0.717, 1.165) is 17.8 Å². The lowest BCUT2D eigenvalue weighted by molar-refractivity contribution is -0.131. The molecule has 0 radical (unpaired) electrons. The molecule has 0 aliphatic heterocycles. The largest absolute Gasteiger partial charge is 0.478 e. The van der Waals surface area contributed by atoms with Gasteiger partial charge in [0.1, 0.15) is 0 Å². The Hall–Kier alpha value is -2.30. The second-order valence-corrected chi connectivity index (χ2v) is 2.65. The second-order valence-electron chi connectivity index (χ2n) is 2.65. The molecule has 5 nitrogen and oxygen atoms in total. The Kier molecular flexibility index (Phi) is 3.91. The first-order chi connectivity index (χ1) is 7.18. The third-order valence-corrected chi connectivity index (χ3v) is 1.48. The van der Waals surface area contributed by atoms with Crippen LogP contribution in [0.3, 0.4) is 0 Å². The molecule has 0 aliphatic rings. The molecule has 1 aromatic carbocycles. The van der Waals surface area contributed by atoms with Gasteiger partial charge in [-0.2, -0.15) is 0 Å². The molecule has 0 bridgehead atoms. The zero-order valence-electron chi connectivity index (χ0n) is 7.81. The summed E-state index contributed by atoms with van der Waals surface area (Å²) in [6.45, 7) is 0. The van der Waals surface area contributed by atoms with Crippen LogP contribution in [-0.2, 0) is 9.59 Å². The summed E-state index contributed by atoms with van der Waals surface area (Å²) in [4.78, 5) is 21.1. The minimum Gasteiger partial charge on any atom is -0.478 e. The van der Waals surface area contributed by atoms with Crippen LogP contribution in [0.15, 0.2) is 42.5 Å². The highest BCUT2D eigenvalue weighted by Gasteiger charge is 1.95. The van der Waals surface area contributed by atoms with Crippen LogP contribution in [0, 0.1) is 0 Å². The van der Waals surface area contributed by atoms with Gasteiger partial charge >= 0.3 is 5.97 Å². The van der Waals surface area contributed by atoms with Crippen LogP contribution in [-0.4, -0.2) is 17.0 Å². The molecule has 0 saturated heterocycles. The van der Waals surface area contributed by atoms with E-state index < -0.39 is 11.9 Å². The van der Waals surface area contributed by atoms with Crippen molar-refractivity contribution in [2.75, 3.05) is 5.43 Å². The Bertz CT molecular complexity index is 374. The van der Waals surface area contributed by atoms with Crippen LogP contribution < -0.4 is 10.9 Å². The second kappa shape index (κ2) is 5.43. The predicted octanol–water partition coefficient (Wildman–Crippen LogP) is 0.770. The SMILES string of the molecule is O=C(O)/C=C\C(=O)NNc1ccccc1. The highest BCUT2D eigenvalue weighted by molar-refractivity contribution is 5.94. The Morgan fingerprint density at radius 3 is 2.40 bits per heavy atom. The van der Waals surface area contributed by atoms with Gasteiger partial charge in [-0.15, -0.1) is 0 Å². The maximum absolute atomic E-state index is 11.0. The number of carboxylic acid groups (broad SMARTS) is 1. The Labute approximate surface area is 86.4 Å². The summed E-state index contributed by atoms with van der Waals surface area (Å²) < 4.78 is 0. The first kappa shape index (κ1) is 10.8. The van der Waals surface area contributed by atoms with Crippen LogP contribution in [0.1, 0.15) is 0 Å². The number of carbonyl (C=O) groups excluding carboxylic acids is 1. The predicted molar refractivity (Wildman–Crippen MR) is 55.0 cm³/mol. The summed E-state index contributed by atoms with van der Waals surface area (Å²) in [5.74, 6) is -1.69. The van der Waals surface area contributed by atoms with Crippen LogP contribution in [0.5, 0.6) is 0 Å². The summed E-state index contributed by atoms with van der Waals surface area (Å²) in [7, 11) is 0. The lowest BCUT2D eigenvalue weighted by Gasteiger charge is -2.04. The summed E-state index contributed by atoms with van der Waals surface area (Å²) >= 11 is 0. The van der Waals surface area contributed by atoms with Gasteiger partial charge in [-0.3, -0.25) is 15.6 Å². The number of benzene rings is 1. The number of carbonyl (C=O) groups is 2. The van der Waals surface area contributed by atoms with E-state index in [9.17, 15) is 9.59 Å². The number of anilines is 1. The monoisotopic (exact) mass is 206 g/mol. The molecular weight excluding hydrogens is 196 g/mol. The fourth-order valence-electron chi connectivity index (χ4n) is 0.844. The van der Waals surface area contributed by atoms with Crippen molar-refractivity contribution >= 4 is 17.6 Å². The van der Waals surface area contributed by atoms with Crippen molar-refractivity contribution in [3.8, 4) is 0 Å². The first-order valence-corrected chi connectivity index (χ1v) is 4.20. The van der Waals surface area contributed by atoms with Gasteiger partial charge in [-0.05, 0) is 12.1 Å². The molecule has 0 spiro atoms. The molecule has 0 atom stereocenters. The van der Waals surface area contributed by atoms with Gasteiger partial charge in [0, 0.05) is 12.2 Å². The highest BCUT2D eigenvalue weighted by Crippen LogP contribution is 2.02. The molecule has 15 heavy (non-hydrogen) atoms. The average Bonchev–Trinajstić information content (AvgIpc) is 2.25. The third kappa shape index (κ3) is 4.47. The van der Waals surface area contributed by atoms with E-state index in [4.69, 9.17) is 5.11 Å². The molecule has 78 valence electrons. The van der Waals surface area contributed by atoms with E-state index in [1.807, 2.05) is 18.2 Å². The Balaban J connectivity index is 2.38. The van der Waals surface area contributed by atoms with Crippen LogP contribution >= 0.6 is 0 Å².